The minimum Gasteiger partial charge on any atom is -0.508 e. The summed E-state index contributed by atoms with van der Waals surface area (Å²) in [6, 6.07) is 14.3. The Morgan fingerprint density at radius 1 is 1.17 bits per heavy atom. The number of nitrogens with one attached hydrogen (secondary N) is 1. The van der Waals surface area contributed by atoms with Gasteiger partial charge in [-0.05, 0) is 42.0 Å². The number of phenols is 1. The first-order valence-electron chi connectivity index (χ1n) is 7.27. The van der Waals surface area contributed by atoms with Gasteiger partial charge < -0.3 is 10.4 Å². The van der Waals surface area contributed by atoms with E-state index in [1.165, 1.54) is 18.3 Å². The normalized spacial score (nSPS) is 10.9. The van der Waals surface area contributed by atoms with E-state index in [4.69, 9.17) is 0 Å². The van der Waals surface area contributed by atoms with Crippen molar-refractivity contribution >= 4 is 34.3 Å². The summed E-state index contributed by atoms with van der Waals surface area (Å²) in [5.74, 6) is 0.133. The molecule has 0 aliphatic carbocycles. The predicted molar refractivity (Wildman–Crippen MR) is 97.2 cm³/mol. The first-order chi connectivity index (χ1) is 11.6. The van der Waals surface area contributed by atoms with Gasteiger partial charge in [-0.25, -0.2) is 9.98 Å². The number of aromatic nitrogens is 1. The number of hydrogen-bond acceptors (Lipinski definition) is 5. The Hall–Kier alpha value is -2.99. The van der Waals surface area contributed by atoms with E-state index in [1.807, 2.05) is 29.6 Å². The largest absolute Gasteiger partial charge is 0.508 e. The molecule has 0 spiro atoms. The molecule has 0 radical (unpaired) electrons. The third-order valence-electron chi connectivity index (χ3n) is 3.21. The second-order valence-electron chi connectivity index (χ2n) is 5.12. The fraction of sp³-hybridized carbons (Fsp3) is 0.0556. The average molecular weight is 337 g/mol. The van der Waals surface area contributed by atoms with Gasteiger partial charge >= 0.3 is 0 Å². The van der Waals surface area contributed by atoms with Gasteiger partial charge in [-0.3, -0.25) is 4.79 Å². The van der Waals surface area contributed by atoms with E-state index in [0.717, 1.165) is 22.5 Å². The topological polar surface area (TPSA) is 74.6 Å². The van der Waals surface area contributed by atoms with Gasteiger partial charge in [0.15, 0.2) is 0 Å². The minimum absolute atomic E-state index is 0.0951. The van der Waals surface area contributed by atoms with Crippen LogP contribution in [0.3, 0.4) is 0 Å². The van der Waals surface area contributed by atoms with Crippen LogP contribution in [0.15, 0.2) is 58.9 Å². The number of amides is 1. The van der Waals surface area contributed by atoms with Crippen LogP contribution in [-0.4, -0.2) is 22.2 Å². The van der Waals surface area contributed by atoms with Crippen LogP contribution in [0.5, 0.6) is 5.75 Å². The molecule has 120 valence electrons. The number of aliphatic imine (C=N–C) groups is 1. The second-order valence-corrected chi connectivity index (χ2v) is 5.96. The highest BCUT2D eigenvalue weighted by Gasteiger charge is 2.04. The van der Waals surface area contributed by atoms with E-state index in [2.05, 4.69) is 15.3 Å². The maximum atomic E-state index is 11.0. The smallest absolute Gasteiger partial charge is 0.221 e. The monoisotopic (exact) mass is 337 g/mol. The molecule has 1 heterocycles. The van der Waals surface area contributed by atoms with Gasteiger partial charge in [-0.2, -0.15) is 0 Å². The van der Waals surface area contributed by atoms with Crippen molar-refractivity contribution < 1.29 is 9.90 Å². The third kappa shape index (κ3) is 4.05. The van der Waals surface area contributed by atoms with Gasteiger partial charge in [-0.15, -0.1) is 11.3 Å². The molecule has 0 saturated heterocycles. The van der Waals surface area contributed by atoms with Crippen molar-refractivity contribution in [3.8, 4) is 17.0 Å². The number of anilines is 1. The summed E-state index contributed by atoms with van der Waals surface area (Å²) in [5.41, 5.74) is 3.45. The highest BCUT2D eigenvalue weighted by Crippen LogP contribution is 2.27. The fourth-order valence-electron chi connectivity index (χ4n) is 2.07. The Kier molecular flexibility index (Phi) is 4.67. The Morgan fingerprint density at radius 2 is 1.88 bits per heavy atom. The molecule has 5 nitrogen and oxygen atoms in total. The number of aromatic hydroxyl groups is 1. The Balaban J connectivity index is 1.73. The molecular formula is C18H15N3O2S. The number of rotatable bonds is 4. The molecule has 3 aromatic rings. The van der Waals surface area contributed by atoms with E-state index in [9.17, 15) is 9.90 Å². The highest BCUT2D eigenvalue weighted by atomic mass is 32.1. The molecule has 6 heteroatoms. The van der Waals surface area contributed by atoms with Crippen molar-refractivity contribution in [1.82, 2.24) is 4.98 Å². The molecule has 3 rings (SSSR count). The number of thiazole rings is 1. The first kappa shape index (κ1) is 15.9. The maximum Gasteiger partial charge on any atom is 0.221 e. The van der Waals surface area contributed by atoms with Crippen molar-refractivity contribution in [2.24, 2.45) is 4.99 Å². The summed E-state index contributed by atoms with van der Waals surface area (Å²) in [6.45, 7) is 1.48. The number of carbonyl (C=O) groups is 1. The summed E-state index contributed by atoms with van der Waals surface area (Å²) in [6.07, 6.45) is 1.71. The maximum absolute atomic E-state index is 11.0. The van der Waals surface area contributed by atoms with Crippen molar-refractivity contribution in [2.45, 2.75) is 6.92 Å². The van der Waals surface area contributed by atoms with Crippen molar-refractivity contribution in [2.75, 3.05) is 5.32 Å². The van der Waals surface area contributed by atoms with Crippen molar-refractivity contribution in [3.63, 3.8) is 0 Å². The standard InChI is InChI=1S/C18H15N3O2S/c1-12(22)20-15-6-4-14(5-7-15)17-11-24-18(21-17)19-10-13-2-8-16(23)9-3-13/h2-11,23H,1H3,(H,20,22)/b19-10+. The van der Waals surface area contributed by atoms with Gasteiger partial charge in [0.25, 0.3) is 0 Å². The molecule has 1 amide bonds. The quantitative estimate of drug-likeness (QED) is 0.700. The second kappa shape index (κ2) is 7.06. The van der Waals surface area contributed by atoms with E-state index in [1.54, 1.807) is 30.5 Å². The highest BCUT2D eigenvalue weighted by molar-refractivity contribution is 7.13. The molecular weight excluding hydrogens is 322 g/mol. The molecule has 0 saturated carbocycles. The van der Waals surface area contributed by atoms with Gasteiger partial charge in [0.05, 0.1) is 5.69 Å². The summed E-state index contributed by atoms with van der Waals surface area (Å²) in [7, 11) is 0. The molecule has 1 aromatic heterocycles. The molecule has 24 heavy (non-hydrogen) atoms. The summed E-state index contributed by atoms with van der Waals surface area (Å²) in [5, 5.41) is 14.6. The molecule has 0 bridgehead atoms. The van der Waals surface area contributed by atoms with Gasteiger partial charge in [-0.1, -0.05) is 12.1 Å². The Morgan fingerprint density at radius 3 is 2.54 bits per heavy atom. The van der Waals surface area contributed by atoms with E-state index >= 15 is 0 Å². The van der Waals surface area contributed by atoms with E-state index in [0.29, 0.717) is 5.13 Å². The lowest BCUT2D eigenvalue weighted by atomic mass is 10.1. The molecule has 0 aliphatic rings. The number of hydrogen-bond donors (Lipinski definition) is 2. The van der Waals surface area contributed by atoms with Gasteiger partial charge in [0, 0.05) is 29.8 Å². The molecule has 0 aliphatic heterocycles. The molecule has 0 atom stereocenters. The average Bonchev–Trinajstić information content (AvgIpc) is 3.03. The molecule has 0 unspecified atom stereocenters. The zero-order valence-corrected chi connectivity index (χ0v) is 13.7. The predicted octanol–water partition coefficient (Wildman–Crippen LogP) is 4.22. The number of carbonyl (C=O) groups excluding carboxylic acids is 1. The fourth-order valence-corrected chi connectivity index (χ4v) is 2.74. The Bertz CT molecular complexity index is 868. The zero-order chi connectivity index (χ0) is 16.9. The van der Waals surface area contributed by atoms with Crippen molar-refractivity contribution in [1.29, 1.82) is 0 Å². The zero-order valence-electron chi connectivity index (χ0n) is 12.9. The van der Waals surface area contributed by atoms with Crippen LogP contribution >= 0.6 is 11.3 Å². The molecule has 2 aromatic carbocycles. The van der Waals surface area contributed by atoms with Crippen LogP contribution < -0.4 is 5.32 Å². The van der Waals surface area contributed by atoms with Crippen LogP contribution in [0.2, 0.25) is 0 Å². The summed E-state index contributed by atoms with van der Waals surface area (Å²) >= 11 is 1.45. The van der Waals surface area contributed by atoms with Crippen LogP contribution in [0.25, 0.3) is 11.3 Å². The van der Waals surface area contributed by atoms with Crippen LogP contribution in [0, 0.1) is 0 Å². The van der Waals surface area contributed by atoms with Gasteiger partial charge in [0.1, 0.15) is 5.75 Å². The third-order valence-corrected chi connectivity index (χ3v) is 3.96. The SMILES string of the molecule is CC(=O)Nc1ccc(-c2csc(/N=C/c3ccc(O)cc3)n2)cc1. The van der Waals surface area contributed by atoms with Crippen LogP contribution in [0.4, 0.5) is 10.8 Å². The number of phenolic OH excluding ortho intramolecular Hbond substituents is 1. The van der Waals surface area contributed by atoms with Gasteiger partial charge in [0.2, 0.25) is 11.0 Å². The Labute approximate surface area is 143 Å². The molecule has 0 fully saturated rings. The lowest BCUT2D eigenvalue weighted by Crippen LogP contribution is -2.05. The lowest BCUT2D eigenvalue weighted by Gasteiger charge is -2.02. The number of benzene rings is 2. The summed E-state index contributed by atoms with van der Waals surface area (Å²) in [4.78, 5) is 19.9. The van der Waals surface area contributed by atoms with E-state index in [-0.39, 0.29) is 11.7 Å². The van der Waals surface area contributed by atoms with Crippen LogP contribution in [0.1, 0.15) is 12.5 Å². The van der Waals surface area contributed by atoms with Crippen LogP contribution in [-0.2, 0) is 4.79 Å². The minimum atomic E-state index is -0.0951. The number of nitrogens with zero attached hydrogens (tertiary/aromatic N) is 2. The summed E-state index contributed by atoms with van der Waals surface area (Å²) < 4.78 is 0. The van der Waals surface area contributed by atoms with Crippen molar-refractivity contribution in [3.05, 3.63) is 59.5 Å². The lowest BCUT2D eigenvalue weighted by molar-refractivity contribution is -0.114. The van der Waals surface area contributed by atoms with E-state index < -0.39 is 0 Å². The molecule has 2 N–H and O–H groups in total. The first-order valence-corrected chi connectivity index (χ1v) is 8.15.